The van der Waals surface area contributed by atoms with Crippen molar-refractivity contribution >= 4 is 0 Å². The molecule has 0 rings (SSSR count). The van der Waals surface area contributed by atoms with E-state index < -0.39 is 0 Å². The molecule has 0 aromatic rings. The van der Waals surface area contributed by atoms with Crippen molar-refractivity contribution < 1.29 is 5.11 Å². The van der Waals surface area contributed by atoms with Crippen LogP contribution in [0.5, 0.6) is 0 Å². The summed E-state index contributed by atoms with van der Waals surface area (Å²) in [7, 11) is 0. The van der Waals surface area contributed by atoms with Crippen molar-refractivity contribution in [2.45, 2.75) is 226 Å². The molecule has 1 atom stereocenters. The summed E-state index contributed by atoms with van der Waals surface area (Å²) >= 11 is 0. The number of rotatable bonds is 34. The van der Waals surface area contributed by atoms with Crippen molar-refractivity contribution in [2.24, 2.45) is 5.92 Å². The molecule has 0 amide bonds. The molecule has 244 valence electrons. The zero-order chi connectivity index (χ0) is 29.9. The highest BCUT2D eigenvalue weighted by Crippen LogP contribution is 2.23. The van der Waals surface area contributed by atoms with E-state index in [0.717, 1.165) is 12.3 Å². The average Bonchev–Trinajstić information content (AvgIpc) is 2.96. The second-order valence-electron chi connectivity index (χ2n) is 13.4. The minimum atomic E-state index is -0.136. The Hall–Kier alpha value is -0.560. The maximum atomic E-state index is 9.98. The Morgan fingerprint density at radius 2 is 0.659 bits per heavy atom. The van der Waals surface area contributed by atoms with Gasteiger partial charge >= 0.3 is 0 Å². The first-order valence-corrected chi connectivity index (χ1v) is 19.2. The molecule has 1 heteroatoms. The number of hydrogen-bond acceptors (Lipinski definition) is 1. The molecule has 0 aromatic carbocycles. The van der Waals surface area contributed by atoms with E-state index in [1.165, 1.54) is 193 Å². The van der Waals surface area contributed by atoms with Crippen molar-refractivity contribution in [2.75, 3.05) is 0 Å². The summed E-state index contributed by atoms with van der Waals surface area (Å²) in [6, 6.07) is 0. The number of aliphatic hydroxyl groups excluding tert-OH is 1. The predicted octanol–water partition coefficient (Wildman–Crippen LogP) is 14.2. The molecule has 0 saturated carbocycles. The average molecular weight is 575 g/mol. The Balaban J connectivity index is 3.55. The molecule has 0 radical (unpaired) electrons. The van der Waals surface area contributed by atoms with Crippen molar-refractivity contribution in [1.29, 1.82) is 0 Å². The van der Waals surface area contributed by atoms with Crippen LogP contribution in [0.25, 0.3) is 0 Å². The van der Waals surface area contributed by atoms with Crippen LogP contribution in [-0.4, -0.2) is 11.2 Å². The molecule has 0 bridgehead atoms. The van der Waals surface area contributed by atoms with Gasteiger partial charge in [0.2, 0.25) is 0 Å². The third-order valence-electron chi connectivity index (χ3n) is 8.92. The number of aliphatic hydroxyl groups is 1. The van der Waals surface area contributed by atoms with Gasteiger partial charge < -0.3 is 5.11 Å². The molecular formula is C40H78O. The summed E-state index contributed by atoms with van der Waals surface area (Å²) in [5.41, 5.74) is 0. The first-order chi connectivity index (χ1) is 20.2. The molecule has 0 aromatic heterocycles. The lowest BCUT2D eigenvalue weighted by Gasteiger charge is -2.18. The van der Waals surface area contributed by atoms with E-state index in [2.05, 4.69) is 38.2 Å². The van der Waals surface area contributed by atoms with Gasteiger partial charge in [-0.15, -0.1) is 0 Å². The Labute approximate surface area is 260 Å². The van der Waals surface area contributed by atoms with Crippen LogP contribution >= 0.6 is 0 Å². The smallest absolute Gasteiger partial charge is 0.0514 e. The quantitative estimate of drug-likeness (QED) is 0.0598. The highest BCUT2D eigenvalue weighted by Gasteiger charge is 2.11. The maximum Gasteiger partial charge on any atom is 0.0514 e. The molecule has 1 unspecified atom stereocenters. The normalized spacial score (nSPS) is 12.9. The van der Waals surface area contributed by atoms with E-state index >= 15 is 0 Å². The fourth-order valence-corrected chi connectivity index (χ4v) is 6.22. The van der Waals surface area contributed by atoms with E-state index in [1.807, 2.05) is 6.92 Å². The molecule has 1 nitrogen and oxygen atoms in total. The second kappa shape index (κ2) is 35.6. The Morgan fingerprint density at radius 1 is 0.390 bits per heavy atom. The van der Waals surface area contributed by atoms with Gasteiger partial charge in [-0.3, -0.25) is 0 Å². The fraction of sp³-hybridized carbons (Fsp3) is 0.900. The Kier molecular flexibility index (Phi) is 35.1. The lowest BCUT2D eigenvalue weighted by molar-refractivity contribution is 0.152. The largest absolute Gasteiger partial charge is 0.393 e. The van der Waals surface area contributed by atoms with Gasteiger partial charge in [0.25, 0.3) is 0 Å². The summed E-state index contributed by atoms with van der Waals surface area (Å²) < 4.78 is 0. The summed E-state index contributed by atoms with van der Waals surface area (Å²) in [4.78, 5) is 0. The van der Waals surface area contributed by atoms with Crippen LogP contribution in [0, 0.1) is 5.92 Å². The number of allylic oxidation sites excluding steroid dienone is 4. The van der Waals surface area contributed by atoms with Crippen molar-refractivity contribution in [3.05, 3.63) is 24.3 Å². The molecule has 0 fully saturated rings. The first kappa shape index (κ1) is 40.4. The zero-order valence-electron chi connectivity index (χ0n) is 28.8. The van der Waals surface area contributed by atoms with E-state index in [1.54, 1.807) is 0 Å². The van der Waals surface area contributed by atoms with Gasteiger partial charge in [0.1, 0.15) is 0 Å². The molecular weight excluding hydrogens is 496 g/mol. The standard InChI is InChI=1S/C40H78O/c1-4-6-8-10-12-14-16-18-20-22-24-26-28-30-32-34-36-40(38-39(3)41)37-35-33-31-29-27-25-23-21-19-17-15-13-11-9-7-5-2/h18-21,39-41H,4-17,22-38H2,1-3H3/b20-18-,21-19-. The van der Waals surface area contributed by atoms with E-state index in [0.29, 0.717) is 0 Å². The lowest BCUT2D eigenvalue weighted by atomic mass is 9.90. The minimum Gasteiger partial charge on any atom is -0.393 e. The first-order valence-electron chi connectivity index (χ1n) is 19.2. The summed E-state index contributed by atoms with van der Waals surface area (Å²) in [5, 5.41) is 9.98. The van der Waals surface area contributed by atoms with Gasteiger partial charge in [-0.25, -0.2) is 0 Å². The van der Waals surface area contributed by atoms with Crippen LogP contribution in [-0.2, 0) is 0 Å². The molecule has 0 heterocycles. The van der Waals surface area contributed by atoms with Gasteiger partial charge in [0, 0.05) is 0 Å². The number of unbranched alkanes of at least 4 members (excludes halogenated alkanes) is 24. The van der Waals surface area contributed by atoms with Gasteiger partial charge in [0.15, 0.2) is 0 Å². The highest BCUT2D eigenvalue weighted by molar-refractivity contribution is 4.82. The van der Waals surface area contributed by atoms with Crippen LogP contribution in [0.4, 0.5) is 0 Å². The van der Waals surface area contributed by atoms with Crippen molar-refractivity contribution in [3.63, 3.8) is 0 Å². The van der Waals surface area contributed by atoms with E-state index in [9.17, 15) is 5.11 Å². The fourth-order valence-electron chi connectivity index (χ4n) is 6.22. The summed E-state index contributed by atoms with van der Waals surface area (Å²) in [5.74, 6) is 0.739. The number of hydrogen-bond donors (Lipinski definition) is 1. The summed E-state index contributed by atoms with van der Waals surface area (Å²) in [6.07, 6.45) is 51.9. The van der Waals surface area contributed by atoms with Crippen LogP contribution in [0.15, 0.2) is 24.3 Å². The molecule has 0 aliphatic rings. The van der Waals surface area contributed by atoms with Crippen molar-refractivity contribution in [3.8, 4) is 0 Å². The lowest BCUT2D eigenvalue weighted by Crippen LogP contribution is -2.10. The maximum absolute atomic E-state index is 9.98. The van der Waals surface area contributed by atoms with Gasteiger partial charge in [-0.2, -0.15) is 0 Å². The second-order valence-corrected chi connectivity index (χ2v) is 13.4. The molecule has 0 spiro atoms. The van der Waals surface area contributed by atoms with Crippen LogP contribution in [0.2, 0.25) is 0 Å². The highest BCUT2D eigenvalue weighted by atomic mass is 16.3. The van der Waals surface area contributed by atoms with E-state index in [-0.39, 0.29) is 6.10 Å². The molecule has 41 heavy (non-hydrogen) atoms. The monoisotopic (exact) mass is 575 g/mol. The Bertz CT molecular complexity index is 477. The zero-order valence-corrected chi connectivity index (χ0v) is 28.8. The van der Waals surface area contributed by atoms with Gasteiger partial charge in [-0.1, -0.05) is 179 Å². The minimum absolute atomic E-state index is 0.136. The molecule has 0 saturated heterocycles. The van der Waals surface area contributed by atoms with Gasteiger partial charge in [-0.05, 0) is 70.6 Å². The van der Waals surface area contributed by atoms with E-state index in [4.69, 9.17) is 0 Å². The van der Waals surface area contributed by atoms with Crippen molar-refractivity contribution in [1.82, 2.24) is 0 Å². The molecule has 0 aliphatic carbocycles. The van der Waals surface area contributed by atoms with Crippen LogP contribution in [0.3, 0.4) is 0 Å². The third kappa shape index (κ3) is 35.5. The molecule has 0 aliphatic heterocycles. The SMILES string of the molecule is CCCCCCCC/C=C\CCCCCCCCC(CCCCCCCC/C=C\CCCCCCCC)CC(C)O. The predicted molar refractivity (Wildman–Crippen MR) is 188 cm³/mol. The van der Waals surface area contributed by atoms with Crippen LogP contribution in [0.1, 0.15) is 220 Å². The third-order valence-corrected chi connectivity index (χ3v) is 8.92. The topological polar surface area (TPSA) is 20.2 Å². The molecule has 1 N–H and O–H groups in total. The van der Waals surface area contributed by atoms with Crippen LogP contribution < -0.4 is 0 Å². The summed E-state index contributed by atoms with van der Waals surface area (Å²) in [6.45, 7) is 6.57. The Morgan fingerprint density at radius 3 is 0.951 bits per heavy atom. The van der Waals surface area contributed by atoms with Gasteiger partial charge in [0.05, 0.1) is 6.10 Å².